The minimum absolute atomic E-state index is 0.0176. The SMILES string of the molecule is CN(C)CC1CCN(C(=O)Nc2cc(Oc3ccc(NC(=S)NC(=O)Cc4ccccc4)cc3F)ccn2)CC1. The summed E-state index contributed by atoms with van der Waals surface area (Å²) in [7, 11) is 4.12. The van der Waals surface area contributed by atoms with Crippen LogP contribution in [0, 0.1) is 11.7 Å². The Labute approximate surface area is 238 Å². The van der Waals surface area contributed by atoms with Crippen molar-refractivity contribution in [2.45, 2.75) is 19.3 Å². The van der Waals surface area contributed by atoms with Crippen molar-refractivity contribution in [1.82, 2.24) is 20.1 Å². The number of nitrogens with one attached hydrogen (secondary N) is 3. The van der Waals surface area contributed by atoms with Gasteiger partial charge in [-0.1, -0.05) is 30.3 Å². The van der Waals surface area contributed by atoms with Crippen LogP contribution in [0.1, 0.15) is 18.4 Å². The molecule has 2 aromatic carbocycles. The largest absolute Gasteiger partial charge is 0.454 e. The third-order valence-electron chi connectivity index (χ3n) is 6.37. The molecule has 0 spiro atoms. The quantitative estimate of drug-likeness (QED) is 0.336. The van der Waals surface area contributed by atoms with Crippen molar-refractivity contribution in [3.8, 4) is 11.5 Å². The molecule has 11 heteroatoms. The van der Waals surface area contributed by atoms with Gasteiger partial charge in [0.15, 0.2) is 16.7 Å². The number of hydrogen-bond donors (Lipinski definition) is 3. The van der Waals surface area contributed by atoms with E-state index in [1.807, 2.05) is 30.3 Å². The second kappa shape index (κ2) is 13.8. The van der Waals surface area contributed by atoms with Gasteiger partial charge >= 0.3 is 6.03 Å². The first-order chi connectivity index (χ1) is 19.2. The lowest BCUT2D eigenvalue weighted by atomic mass is 9.97. The highest BCUT2D eigenvalue weighted by molar-refractivity contribution is 7.80. The number of rotatable bonds is 8. The number of pyridine rings is 1. The van der Waals surface area contributed by atoms with Gasteiger partial charge in [-0.05, 0) is 68.8 Å². The van der Waals surface area contributed by atoms with E-state index in [0.717, 1.165) is 24.9 Å². The van der Waals surface area contributed by atoms with E-state index in [1.54, 1.807) is 23.1 Å². The third-order valence-corrected chi connectivity index (χ3v) is 6.57. The van der Waals surface area contributed by atoms with Crippen LogP contribution in [-0.2, 0) is 11.2 Å². The zero-order valence-corrected chi connectivity index (χ0v) is 23.3. The van der Waals surface area contributed by atoms with E-state index in [-0.39, 0.29) is 29.2 Å². The number of thiocarbonyl (C=S) groups is 1. The summed E-state index contributed by atoms with van der Waals surface area (Å²) in [6.45, 7) is 2.39. The molecule has 210 valence electrons. The van der Waals surface area contributed by atoms with Gasteiger partial charge in [-0.25, -0.2) is 14.2 Å². The molecule has 4 rings (SSSR count). The molecule has 1 fully saturated rings. The van der Waals surface area contributed by atoms with Crippen molar-refractivity contribution in [1.29, 1.82) is 0 Å². The molecule has 2 heterocycles. The van der Waals surface area contributed by atoms with Crippen LogP contribution in [-0.4, -0.2) is 65.6 Å². The summed E-state index contributed by atoms with van der Waals surface area (Å²) in [5.74, 6) is 0.284. The zero-order valence-electron chi connectivity index (χ0n) is 22.5. The van der Waals surface area contributed by atoms with E-state index in [2.05, 4.69) is 39.9 Å². The van der Waals surface area contributed by atoms with E-state index in [4.69, 9.17) is 17.0 Å². The van der Waals surface area contributed by atoms with Crippen LogP contribution in [0.5, 0.6) is 11.5 Å². The Bertz CT molecular complexity index is 1330. The lowest BCUT2D eigenvalue weighted by Gasteiger charge is -2.33. The van der Waals surface area contributed by atoms with Crippen LogP contribution in [0.4, 0.5) is 20.7 Å². The molecule has 40 heavy (non-hydrogen) atoms. The fourth-order valence-electron chi connectivity index (χ4n) is 4.47. The summed E-state index contributed by atoms with van der Waals surface area (Å²) in [6.07, 6.45) is 3.57. The smallest absolute Gasteiger partial charge is 0.323 e. The molecular weight excluding hydrogens is 531 g/mol. The van der Waals surface area contributed by atoms with Gasteiger partial charge in [0.1, 0.15) is 11.6 Å². The summed E-state index contributed by atoms with van der Waals surface area (Å²) >= 11 is 5.18. The number of benzene rings is 2. The summed E-state index contributed by atoms with van der Waals surface area (Å²) < 4.78 is 20.5. The summed E-state index contributed by atoms with van der Waals surface area (Å²) in [6, 6.07) is 16.4. The Morgan fingerprint density at radius 3 is 2.52 bits per heavy atom. The van der Waals surface area contributed by atoms with E-state index < -0.39 is 5.82 Å². The first-order valence-corrected chi connectivity index (χ1v) is 13.4. The van der Waals surface area contributed by atoms with Gasteiger partial charge in [0.25, 0.3) is 0 Å². The highest BCUT2D eigenvalue weighted by Crippen LogP contribution is 2.28. The number of carbonyl (C=O) groups is 2. The maximum atomic E-state index is 14.8. The maximum Gasteiger partial charge on any atom is 0.323 e. The molecule has 3 amide bonds. The third kappa shape index (κ3) is 8.72. The number of ether oxygens (including phenoxy) is 1. The van der Waals surface area contributed by atoms with Crippen LogP contribution in [0.2, 0.25) is 0 Å². The topological polar surface area (TPSA) is 98.8 Å². The molecule has 1 aliphatic heterocycles. The Balaban J connectivity index is 1.28. The lowest BCUT2D eigenvalue weighted by Crippen LogP contribution is -2.42. The van der Waals surface area contributed by atoms with Crippen LogP contribution in [0.3, 0.4) is 0 Å². The van der Waals surface area contributed by atoms with Crippen LogP contribution < -0.4 is 20.7 Å². The highest BCUT2D eigenvalue weighted by atomic mass is 32.1. The standard InChI is InChI=1S/C29H33FN6O3S/c1-35(2)19-21-11-14-36(15-12-21)29(38)33-26-18-23(10-13-31-26)39-25-9-8-22(17-24(25)30)32-28(40)34-27(37)16-20-6-4-3-5-7-20/h3-10,13,17-18,21H,11-12,14-16,19H2,1-2H3,(H,31,33,38)(H2,32,34,37,40). The first kappa shape index (κ1) is 28.9. The molecule has 3 N–H and O–H groups in total. The Kier molecular flexibility index (Phi) is 9.98. The van der Waals surface area contributed by atoms with Crippen molar-refractivity contribution < 1.29 is 18.7 Å². The molecule has 0 bridgehead atoms. The molecule has 0 unspecified atom stereocenters. The number of hydrogen-bond acceptors (Lipinski definition) is 6. The molecule has 1 aliphatic rings. The van der Waals surface area contributed by atoms with Gasteiger partial charge in [-0.3, -0.25) is 10.1 Å². The maximum absolute atomic E-state index is 14.8. The lowest BCUT2D eigenvalue weighted by molar-refractivity contribution is -0.119. The summed E-state index contributed by atoms with van der Waals surface area (Å²) in [4.78, 5) is 33.1. The molecule has 0 aliphatic carbocycles. The van der Waals surface area contributed by atoms with Crippen LogP contribution in [0.25, 0.3) is 0 Å². The number of halogens is 1. The molecule has 1 aromatic heterocycles. The van der Waals surface area contributed by atoms with Crippen molar-refractivity contribution in [3.05, 3.63) is 78.2 Å². The molecule has 0 atom stereocenters. The van der Waals surface area contributed by atoms with Gasteiger partial charge in [-0.2, -0.15) is 0 Å². The second-order valence-electron chi connectivity index (χ2n) is 9.91. The number of nitrogens with zero attached hydrogens (tertiary/aromatic N) is 3. The monoisotopic (exact) mass is 564 g/mol. The molecule has 0 radical (unpaired) electrons. The van der Waals surface area contributed by atoms with Gasteiger partial charge in [0.05, 0.1) is 6.42 Å². The Morgan fingerprint density at radius 2 is 1.82 bits per heavy atom. The fourth-order valence-corrected chi connectivity index (χ4v) is 4.70. The van der Waals surface area contributed by atoms with E-state index in [1.165, 1.54) is 18.3 Å². The van der Waals surface area contributed by atoms with Gasteiger partial charge in [0, 0.05) is 43.7 Å². The van der Waals surface area contributed by atoms with E-state index >= 15 is 0 Å². The predicted molar refractivity (Wildman–Crippen MR) is 157 cm³/mol. The highest BCUT2D eigenvalue weighted by Gasteiger charge is 2.23. The van der Waals surface area contributed by atoms with E-state index in [0.29, 0.717) is 36.3 Å². The fraction of sp³-hybridized carbons (Fsp3) is 0.310. The molecular formula is C29H33FN6O3S. The van der Waals surface area contributed by atoms with Gasteiger partial charge in [0.2, 0.25) is 5.91 Å². The number of likely N-dealkylation sites (tertiary alicyclic amines) is 1. The number of urea groups is 1. The Hall–Kier alpha value is -4.09. The van der Waals surface area contributed by atoms with Crippen molar-refractivity contribution in [3.63, 3.8) is 0 Å². The van der Waals surface area contributed by atoms with Gasteiger partial charge in [-0.15, -0.1) is 0 Å². The van der Waals surface area contributed by atoms with Crippen LogP contribution >= 0.6 is 12.2 Å². The second-order valence-corrected chi connectivity index (χ2v) is 10.3. The number of carbonyl (C=O) groups excluding carboxylic acids is 2. The number of aromatic nitrogens is 1. The average Bonchev–Trinajstić information content (AvgIpc) is 2.91. The van der Waals surface area contributed by atoms with Crippen molar-refractivity contribution >= 4 is 40.8 Å². The number of piperidine rings is 1. The van der Waals surface area contributed by atoms with Crippen molar-refractivity contribution in [2.24, 2.45) is 5.92 Å². The molecule has 9 nitrogen and oxygen atoms in total. The first-order valence-electron chi connectivity index (χ1n) is 13.0. The number of amides is 3. The molecule has 3 aromatic rings. The normalized spacial score (nSPS) is 13.6. The Morgan fingerprint density at radius 1 is 1.07 bits per heavy atom. The van der Waals surface area contributed by atoms with Gasteiger partial charge < -0.3 is 25.2 Å². The predicted octanol–water partition coefficient (Wildman–Crippen LogP) is 4.87. The average molecular weight is 565 g/mol. The minimum Gasteiger partial charge on any atom is -0.454 e. The van der Waals surface area contributed by atoms with Crippen LogP contribution in [0.15, 0.2) is 66.9 Å². The number of anilines is 2. The minimum atomic E-state index is -0.633. The molecule has 0 saturated carbocycles. The summed E-state index contributed by atoms with van der Waals surface area (Å²) in [5.41, 5.74) is 1.21. The van der Waals surface area contributed by atoms with Crippen molar-refractivity contribution in [2.75, 3.05) is 44.4 Å². The zero-order chi connectivity index (χ0) is 28.5. The molecule has 1 saturated heterocycles. The summed E-state index contributed by atoms with van der Waals surface area (Å²) in [5, 5.41) is 8.25. The van der Waals surface area contributed by atoms with E-state index in [9.17, 15) is 14.0 Å².